The fourth-order valence-electron chi connectivity index (χ4n) is 1.86. The van der Waals surface area contributed by atoms with Gasteiger partial charge in [0.2, 0.25) is 5.13 Å². The summed E-state index contributed by atoms with van der Waals surface area (Å²) in [5, 5.41) is 12.6. The van der Waals surface area contributed by atoms with Crippen LogP contribution >= 0.6 is 23.1 Å². The van der Waals surface area contributed by atoms with Crippen molar-refractivity contribution in [2.75, 3.05) is 19.5 Å². The summed E-state index contributed by atoms with van der Waals surface area (Å²) in [5.41, 5.74) is 1.09. The number of nitrogens with one attached hydrogen (secondary N) is 1. The average molecular weight is 323 g/mol. The van der Waals surface area contributed by atoms with Crippen LogP contribution in [0.1, 0.15) is 18.4 Å². The van der Waals surface area contributed by atoms with Crippen molar-refractivity contribution in [3.8, 4) is 11.5 Å². The van der Waals surface area contributed by atoms with Gasteiger partial charge in [0.15, 0.2) is 4.34 Å². The topological polar surface area (TPSA) is 56.3 Å². The molecule has 0 saturated heterocycles. The Labute approximate surface area is 132 Å². The van der Waals surface area contributed by atoms with Gasteiger partial charge in [-0.25, -0.2) is 0 Å². The molecule has 112 valence electrons. The van der Waals surface area contributed by atoms with E-state index in [0.717, 1.165) is 32.3 Å². The third kappa shape index (κ3) is 3.79. The van der Waals surface area contributed by atoms with Gasteiger partial charge in [-0.2, -0.15) is 0 Å². The van der Waals surface area contributed by atoms with Crippen LogP contribution < -0.4 is 14.8 Å². The molecule has 0 aliphatic heterocycles. The third-order valence-corrected chi connectivity index (χ3v) is 5.19. The van der Waals surface area contributed by atoms with Gasteiger partial charge in [0.25, 0.3) is 0 Å². The molecule has 1 aliphatic rings. The summed E-state index contributed by atoms with van der Waals surface area (Å²) in [5.74, 6) is 2.47. The van der Waals surface area contributed by atoms with E-state index < -0.39 is 0 Å². The van der Waals surface area contributed by atoms with Crippen LogP contribution in [0, 0.1) is 0 Å². The lowest BCUT2D eigenvalue weighted by molar-refractivity contribution is 0.400. The summed E-state index contributed by atoms with van der Waals surface area (Å²) in [4.78, 5) is 0. The van der Waals surface area contributed by atoms with Crippen molar-refractivity contribution in [1.82, 2.24) is 10.2 Å². The monoisotopic (exact) mass is 323 g/mol. The van der Waals surface area contributed by atoms with E-state index in [2.05, 4.69) is 15.5 Å². The first-order chi connectivity index (χ1) is 10.3. The highest BCUT2D eigenvalue weighted by Crippen LogP contribution is 2.34. The van der Waals surface area contributed by atoms with Crippen molar-refractivity contribution in [3.63, 3.8) is 0 Å². The molecule has 1 aromatic carbocycles. The molecule has 0 spiro atoms. The van der Waals surface area contributed by atoms with Gasteiger partial charge < -0.3 is 14.8 Å². The maximum Gasteiger partial charge on any atom is 0.206 e. The summed E-state index contributed by atoms with van der Waals surface area (Å²) >= 11 is 3.26. The van der Waals surface area contributed by atoms with Crippen LogP contribution in [0.4, 0.5) is 5.13 Å². The van der Waals surface area contributed by atoms with Gasteiger partial charge in [0, 0.05) is 17.4 Å². The zero-order valence-electron chi connectivity index (χ0n) is 12.0. The highest BCUT2D eigenvalue weighted by Gasteiger charge is 2.22. The Hall–Kier alpha value is -1.47. The van der Waals surface area contributed by atoms with Crippen LogP contribution in [-0.4, -0.2) is 30.5 Å². The zero-order chi connectivity index (χ0) is 14.7. The molecule has 1 aliphatic carbocycles. The van der Waals surface area contributed by atoms with Crippen molar-refractivity contribution in [1.29, 1.82) is 0 Å². The summed E-state index contributed by atoms with van der Waals surface area (Å²) in [6, 6.07) is 6.43. The fourth-order valence-corrected chi connectivity index (χ4v) is 3.67. The van der Waals surface area contributed by atoms with Crippen LogP contribution in [0.2, 0.25) is 0 Å². The Bertz CT molecular complexity index is 614. The van der Waals surface area contributed by atoms with E-state index in [0.29, 0.717) is 6.04 Å². The Balaban J connectivity index is 1.64. The van der Waals surface area contributed by atoms with Crippen LogP contribution in [0.5, 0.6) is 11.5 Å². The molecule has 0 bridgehead atoms. The molecule has 1 fully saturated rings. The van der Waals surface area contributed by atoms with Gasteiger partial charge >= 0.3 is 0 Å². The van der Waals surface area contributed by atoms with Crippen molar-refractivity contribution < 1.29 is 9.47 Å². The lowest BCUT2D eigenvalue weighted by atomic mass is 10.2. The molecule has 7 heteroatoms. The van der Waals surface area contributed by atoms with Gasteiger partial charge in [0.1, 0.15) is 11.5 Å². The number of methoxy groups -OCH3 is 2. The maximum absolute atomic E-state index is 5.39. The maximum atomic E-state index is 5.39. The Morgan fingerprint density at radius 3 is 2.86 bits per heavy atom. The van der Waals surface area contributed by atoms with Crippen molar-refractivity contribution in [3.05, 3.63) is 23.8 Å². The molecule has 0 radical (unpaired) electrons. The zero-order valence-corrected chi connectivity index (χ0v) is 13.6. The number of hydrogen-bond donors (Lipinski definition) is 1. The molecule has 1 N–H and O–H groups in total. The third-order valence-electron chi connectivity index (χ3n) is 3.15. The number of benzene rings is 1. The molecule has 21 heavy (non-hydrogen) atoms. The molecule has 1 aromatic heterocycles. The first-order valence-corrected chi connectivity index (χ1v) is 8.52. The van der Waals surface area contributed by atoms with Crippen molar-refractivity contribution >= 4 is 28.2 Å². The first kappa shape index (κ1) is 14.5. The number of ether oxygens (including phenoxy) is 2. The molecule has 3 rings (SSSR count). The second-order valence-electron chi connectivity index (χ2n) is 4.76. The van der Waals surface area contributed by atoms with Gasteiger partial charge in [-0.15, -0.1) is 10.2 Å². The van der Waals surface area contributed by atoms with Crippen LogP contribution in [0.3, 0.4) is 0 Å². The predicted molar refractivity (Wildman–Crippen MR) is 85.7 cm³/mol. The standard InChI is InChI=1S/C14H17N3O2S2/c1-18-11-5-6-12(19-2)9(7-11)8-20-14-17-16-13(21-14)15-10-3-4-10/h5-7,10H,3-4,8H2,1-2H3,(H,15,16). The van der Waals surface area contributed by atoms with E-state index >= 15 is 0 Å². The van der Waals surface area contributed by atoms with Crippen molar-refractivity contribution in [2.24, 2.45) is 0 Å². The molecule has 1 saturated carbocycles. The Morgan fingerprint density at radius 2 is 2.14 bits per heavy atom. The Morgan fingerprint density at radius 1 is 1.29 bits per heavy atom. The number of hydrogen-bond acceptors (Lipinski definition) is 7. The van der Waals surface area contributed by atoms with E-state index in [-0.39, 0.29) is 0 Å². The minimum absolute atomic E-state index is 0.606. The smallest absolute Gasteiger partial charge is 0.206 e. The number of nitrogens with zero attached hydrogens (tertiary/aromatic N) is 2. The summed E-state index contributed by atoms with van der Waals surface area (Å²) in [7, 11) is 3.35. The van der Waals surface area contributed by atoms with Gasteiger partial charge in [-0.05, 0) is 31.0 Å². The largest absolute Gasteiger partial charge is 0.497 e. The molecular formula is C14H17N3O2S2. The molecule has 2 aromatic rings. The van der Waals surface area contributed by atoms with Gasteiger partial charge in [-0.1, -0.05) is 23.1 Å². The fraction of sp³-hybridized carbons (Fsp3) is 0.429. The number of rotatable bonds is 7. The van der Waals surface area contributed by atoms with E-state index in [1.54, 1.807) is 37.3 Å². The van der Waals surface area contributed by atoms with E-state index in [1.165, 1.54) is 12.8 Å². The molecule has 5 nitrogen and oxygen atoms in total. The van der Waals surface area contributed by atoms with Crippen LogP contribution in [0.25, 0.3) is 0 Å². The molecular weight excluding hydrogens is 306 g/mol. The molecule has 1 heterocycles. The van der Waals surface area contributed by atoms with Crippen LogP contribution in [-0.2, 0) is 5.75 Å². The van der Waals surface area contributed by atoms with Gasteiger partial charge in [0.05, 0.1) is 14.2 Å². The second kappa shape index (κ2) is 6.53. The SMILES string of the molecule is COc1ccc(OC)c(CSc2nnc(NC3CC3)s2)c1. The summed E-state index contributed by atoms with van der Waals surface area (Å²) < 4.78 is 11.6. The Kier molecular flexibility index (Phi) is 4.50. The number of aromatic nitrogens is 2. The van der Waals surface area contributed by atoms with E-state index in [4.69, 9.17) is 9.47 Å². The lowest BCUT2D eigenvalue weighted by Gasteiger charge is -2.09. The summed E-state index contributed by atoms with van der Waals surface area (Å²) in [6.45, 7) is 0. The highest BCUT2D eigenvalue weighted by atomic mass is 32.2. The average Bonchev–Trinajstić information content (AvgIpc) is 3.21. The first-order valence-electron chi connectivity index (χ1n) is 6.72. The number of anilines is 1. The molecule has 0 amide bonds. The normalized spacial score (nSPS) is 14.0. The van der Waals surface area contributed by atoms with Crippen molar-refractivity contribution in [2.45, 2.75) is 29.0 Å². The molecule has 0 unspecified atom stereocenters. The quantitative estimate of drug-likeness (QED) is 0.788. The van der Waals surface area contributed by atoms with E-state index in [9.17, 15) is 0 Å². The van der Waals surface area contributed by atoms with Gasteiger partial charge in [-0.3, -0.25) is 0 Å². The summed E-state index contributed by atoms with van der Waals surface area (Å²) in [6.07, 6.45) is 2.48. The predicted octanol–water partition coefficient (Wildman–Crippen LogP) is 3.42. The van der Waals surface area contributed by atoms with Crippen LogP contribution in [0.15, 0.2) is 22.5 Å². The molecule has 0 atom stereocenters. The minimum atomic E-state index is 0.606. The number of thioether (sulfide) groups is 1. The minimum Gasteiger partial charge on any atom is -0.497 e. The van der Waals surface area contributed by atoms with E-state index in [1.807, 2.05) is 18.2 Å². The lowest BCUT2D eigenvalue weighted by Crippen LogP contribution is -1.99. The second-order valence-corrected chi connectivity index (χ2v) is 6.96. The highest BCUT2D eigenvalue weighted by molar-refractivity contribution is 8.00.